The van der Waals surface area contributed by atoms with E-state index in [-0.39, 0.29) is 11.8 Å². The first-order valence-electron chi connectivity index (χ1n) is 5.11. The monoisotopic (exact) mass is 241 g/mol. The van der Waals surface area contributed by atoms with Crippen molar-refractivity contribution in [3.63, 3.8) is 0 Å². The molecule has 88 valence electrons. The van der Waals surface area contributed by atoms with E-state index >= 15 is 0 Å². The molecule has 0 fully saturated rings. The first kappa shape index (κ1) is 10.3. The Morgan fingerprint density at radius 3 is 2.89 bits per heavy atom. The molecule has 0 unspecified atom stereocenters. The molecule has 0 radical (unpaired) electrons. The van der Waals surface area contributed by atoms with Gasteiger partial charge in [-0.3, -0.25) is 0 Å². The van der Waals surface area contributed by atoms with Crippen molar-refractivity contribution >= 4 is 16.9 Å². The van der Waals surface area contributed by atoms with Crippen molar-refractivity contribution in [1.82, 2.24) is 24.7 Å². The highest BCUT2D eigenvalue weighted by molar-refractivity contribution is 5.84. The predicted molar refractivity (Wildman–Crippen MR) is 61.4 cm³/mol. The Bertz CT molecular complexity index is 737. The van der Waals surface area contributed by atoms with E-state index in [1.54, 1.807) is 6.20 Å². The average molecular weight is 241 g/mol. The molecule has 0 atom stereocenters. The highest BCUT2D eigenvalue weighted by Gasteiger charge is 2.15. The molecule has 0 amide bonds. The van der Waals surface area contributed by atoms with Gasteiger partial charge in [-0.05, 0) is 6.07 Å². The molecule has 7 heteroatoms. The number of hydrogen-bond acceptors (Lipinski definition) is 5. The molecule has 1 N–H and O–H groups in total. The number of hydrogen-bond donors (Lipinski definition) is 1. The van der Waals surface area contributed by atoms with Crippen LogP contribution in [-0.2, 0) is 0 Å². The SMILES string of the molecule is O=C(O)c1ncnn1-c1ncc2ccccc2n1. The second kappa shape index (κ2) is 3.88. The Morgan fingerprint density at radius 2 is 2.06 bits per heavy atom. The number of benzene rings is 1. The molecular formula is C11H7N5O2. The molecule has 2 heterocycles. The average Bonchev–Trinajstić information content (AvgIpc) is 2.87. The van der Waals surface area contributed by atoms with Gasteiger partial charge < -0.3 is 5.11 Å². The number of rotatable bonds is 2. The van der Waals surface area contributed by atoms with Gasteiger partial charge in [-0.25, -0.2) is 19.7 Å². The molecule has 0 aliphatic rings. The molecule has 3 rings (SSSR count). The second-order valence-corrected chi connectivity index (χ2v) is 3.53. The molecule has 18 heavy (non-hydrogen) atoms. The van der Waals surface area contributed by atoms with Crippen LogP contribution >= 0.6 is 0 Å². The molecule has 7 nitrogen and oxygen atoms in total. The second-order valence-electron chi connectivity index (χ2n) is 3.53. The van der Waals surface area contributed by atoms with Crippen LogP contribution in [0.25, 0.3) is 16.9 Å². The van der Waals surface area contributed by atoms with Gasteiger partial charge in [0.1, 0.15) is 6.33 Å². The Hall–Kier alpha value is -2.83. The Balaban J connectivity index is 2.19. The van der Waals surface area contributed by atoms with Gasteiger partial charge in [0, 0.05) is 11.6 Å². The number of aromatic nitrogens is 5. The molecule has 1 aromatic carbocycles. The van der Waals surface area contributed by atoms with Gasteiger partial charge in [-0.15, -0.1) is 0 Å². The van der Waals surface area contributed by atoms with Crippen LogP contribution in [0.2, 0.25) is 0 Å². The molecular weight excluding hydrogens is 234 g/mol. The molecule has 0 spiro atoms. The van der Waals surface area contributed by atoms with E-state index in [4.69, 9.17) is 5.11 Å². The van der Waals surface area contributed by atoms with Crippen molar-refractivity contribution in [2.45, 2.75) is 0 Å². The highest BCUT2D eigenvalue weighted by atomic mass is 16.4. The maximum Gasteiger partial charge on any atom is 0.374 e. The van der Waals surface area contributed by atoms with Crippen molar-refractivity contribution < 1.29 is 9.90 Å². The summed E-state index contributed by atoms with van der Waals surface area (Å²) in [5.74, 6) is -1.21. The fourth-order valence-electron chi connectivity index (χ4n) is 1.60. The molecule has 2 aromatic heterocycles. The summed E-state index contributed by atoms with van der Waals surface area (Å²) in [5.41, 5.74) is 0.717. The maximum atomic E-state index is 10.9. The van der Waals surface area contributed by atoms with Gasteiger partial charge in [-0.1, -0.05) is 18.2 Å². The summed E-state index contributed by atoms with van der Waals surface area (Å²) in [4.78, 5) is 22.9. The largest absolute Gasteiger partial charge is 0.475 e. The van der Waals surface area contributed by atoms with Gasteiger partial charge in [-0.2, -0.15) is 9.78 Å². The third-order valence-corrected chi connectivity index (χ3v) is 2.40. The predicted octanol–water partition coefficient (Wildman–Crippen LogP) is 0.909. The molecule has 0 aliphatic heterocycles. The number of carboxylic acids is 1. The number of carboxylic acid groups (broad SMARTS) is 1. The van der Waals surface area contributed by atoms with Crippen LogP contribution in [0.4, 0.5) is 0 Å². The van der Waals surface area contributed by atoms with E-state index in [2.05, 4.69) is 20.1 Å². The highest BCUT2D eigenvalue weighted by Crippen LogP contribution is 2.11. The van der Waals surface area contributed by atoms with Crippen LogP contribution in [0.15, 0.2) is 36.8 Å². The van der Waals surface area contributed by atoms with Crippen molar-refractivity contribution in [3.8, 4) is 5.95 Å². The molecule has 0 bridgehead atoms. The van der Waals surface area contributed by atoms with Crippen molar-refractivity contribution in [3.05, 3.63) is 42.6 Å². The third-order valence-electron chi connectivity index (χ3n) is 2.40. The van der Waals surface area contributed by atoms with Gasteiger partial charge in [0.2, 0.25) is 5.82 Å². The molecule has 0 saturated carbocycles. The van der Waals surface area contributed by atoms with Crippen LogP contribution in [0, 0.1) is 0 Å². The Kier molecular flexibility index (Phi) is 2.23. The first-order valence-corrected chi connectivity index (χ1v) is 5.11. The summed E-state index contributed by atoms with van der Waals surface area (Å²) in [7, 11) is 0. The van der Waals surface area contributed by atoms with Crippen molar-refractivity contribution in [2.24, 2.45) is 0 Å². The van der Waals surface area contributed by atoms with Crippen LogP contribution in [0.1, 0.15) is 10.6 Å². The lowest BCUT2D eigenvalue weighted by Crippen LogP contribution is -2.12. The lowest BCUT2D eigenvalue weighted by molar-refractivity contribution is 0.0680. The van der Waals surface area contributed by atoms with Crippen molar-refractivity contribution in [2.75, 3.05) is 0 Å². The fourth-order valence-corrected chi connectivity index (χ4v) is 1.60. The minimum Gasteiger partial charge on any atom is -0.475 e. The standard InChI is InChI=1S/C11H7N5O2/c17-10(18)9-13-6-14-16(9)11-12-5-7-3-1-2-4-8(7)15-11/h1-6H,(H,17,18). The van der Waals surface area contributed by atoms with Crippen LogP contribution in [0.3, 0.4) is 0 Å². The van der Waals surface area contributed by atoms with E-state index in [1.807, 2.05) is 24.3 Å². The summed E-state index contributed by atoms with van der Waals surface area (Å²) in [6.45, 7) is 0. The molecule has 3 aromatic rings. The number of carbonyl (C=O) groups is 1. The summed E-state index contributed by atoms with van der Waals surface area (Å²) in [6, 6.07) is 7.42. The van der Waals surface area contributed by atoms with Gasteiger partial charge in [0.05, 0.1) is 5.52 Å². The summed E-state index contributed by atoms with van der Waals surface area (Å²) >= 11 is 0. The van der Waals surface area contributed by atoms with E-state index in [9.17, 15) is 4.79 Å². The number of nitrogens with zero attached hydrogens (tertiary/aromatic N) is 5. The lowest BCUT2D eigenvalue weighted by Gasteiger charge is -2.02. The third kappa shape index (κ3) is 1.58. The zero-order chi connectivity index (χ0) is 12.5. The Morgan fingerprint density at radius 1 is 1.22 bits per heavy atom. The van der Waals surface area contributed by atoms with Gasteiger partial charge in [0.15, 0.2) is 0 Å². The van der Waals surface area contributed by atoms with Crippen LogP contribution in [-0.4, -0.2) is 35.8 Å². The summed E-state index contributed by atoms with van der Waals surface area (Å²) in [5, 5.41) is 13.6. The van der Waals surface area contributed by atoms with E-state index in [0.29, 0.717) is 5.52 Å². The minimum absolute atomic E-state index is 0.184. The maximum absolute atomic E-state index is 10.9. The zero-order valence-corrected chi connectivity index (χ0v) is 9.06. The summed E-state index contributed by atoms with van der Waals surface area (Å²) < 4.78 is 1.09. The van der Waals surface area contributed by atoms with E-state index < -0.39 is 5.97 Å². The number of para-hydroxylation sites is 1. The zero-order valence-electron chi connectivity index (χ0n) is 9.06. The normalized spacial score (nSPS) is 10.7. The van der Waals surface area contributed by atoms with Crippen LogP contribution < -0.4 is 0 Å². The topological polar surface area (TPSA) is 93.8 Å². The minimum atomic E-state index is -1.18. The molecule has 0 aliphatic carbocycles. The number of fused-ring (bicyclic) bond motifs is 1. The quantitative estimate of drug-likeness (QED) is 0.716. The Labute approximate surface area is 101 Å². The van der Waals surface area contributed by atoms with E-state index in [1.165, 1.54) is 0 Å². The van der Waals surface area contributed by atoms with E-state index in [0.717, 1.165) is 16.4 Å². The lowest BCUT2D eigenvalue weighted by atomic mass is 10.2. The smallest absolute Gasteiger partial charge is 0.374 e. The number of aromatic carboxylic acids is 1. The van der Waals surface area contributed by atoms with Gasteiger partial charge in [0.25, 0.3) is 5.95 Å². The first-order chi connectivity index (χ1) is 8.75. The fraction of sp³-hybridized carbons (Fsp3) is 0. The van der Waals surface area contributed by atoms with Crippen molar-refractivity contribution in [1.29, 1.82) is 0 Å². The van der Waals surface area contributed by atoms with Crippen LogP contribution in [0.5, 0.6) is 0 Å². The molecule has 0 saturated heterocycles. The summed E-state index contributed by atoms with van der Waals surface area (Å²) in [6.07, 6.45) is 2.77. The van der Waals surface area contributed by atoms with Gasteiger partial charge >= 0.3 is 5.97 Å².